The summed E-state index contributed by atoms with van der Waals surface area (Å²) in [6, 6.07) is 36.6. The van der Waals surface area contributed by atoms with Gasteiger partial charge in [0.25, 0.3) is 0 Å². The van der Waals surface area contributed by atoms with Crippen LogP contribution in [-0.2, 0) is 6.42 Å². The molecule has 0 bridgehead atoms. The molecule has 0 aromatic heterocycles. The molecule has 0 saturated carbocycles. The van der Waals surface area contributed by atoms with Crippen molar-refractivity contribution in [3.63, 3.8) is 0 Å². The molecule has 4 aromatic carbocycles. The summed E-state index contributed by atoms with van der Waals surface area (Å²) in [7, 11) is 0. The topological polar surface area (TPSA) is 52.0 Å². The Morgan fingerprint density at radius 3 is 1.04 bits per heavy atom. The second-order valence-electron chi connectivity index (χ2n) is 16.1. The number of hydrogen-bond donors (Lipinski definition) is 2. The minimum Gasteiger partial charge on any atom is -0.399 e. The average Bonchev–Trinajstić information content (AvgIpc) is 3.18. The first-order valence-electron chi connectivity index (χ1n) is 21.9. The fourth-order valence-corrected chi connectivity index (χ4v) is 8.38. The fourth-order valence-electron chi connectivity index (χ4n) is 8.38. The zero-order valence-corrected chi connectivity index (χ0v) is 34.0. The Morgan fingerprint density at radius 2 is 0.660 bits per heavy atom. The normalized spacial score (nSPS) is 13.2. The zero-order valence-electron chi connectivity index (χ0n) is 34.0. The van der Waals surface area contributed by atoms with Gasteiger partial charge in [0, 0.05) is 23.2 Å². The molecular weight excluding hydrogens is 641 g/mol. The molecule has 0 saturated heterocycles. The Balaban J connectivity index is 1.40. The van der Waals surface area contributed by atoms with E-state index in [2.05, 4.69) is 118 Å². The van der Waals surface area contributed by atoms with Crippen LogP contribution in [0.2, 0.25) is 0 Å². The first-order chi connectivity index (χ1) is 26.0. The fraction of sp³-hybridized carbons (Fsp3) is 0.529. The van der Waals surface area contributed by atoms with Crippen LogP contribution in [0.3, 0.4) is 0 Å². The monoisotopic (exact) mass is 715 g/mol. The largest absolute Gasteiger partial charge is 0.399 e. The number of benzene rings is 4. The molecule has 4 rings (SSSR count). The molecule has 0 heterocycles. The number of rotatable bonds is 27. The van der Waals surface area contributed by atoms with E-state index in [1.54, 1.807) is 0 Å². The highest BCUT2D eigenvalue weighted by Crippen LogP contribution is 2.35. The van der Waals surface area contributed by atoms with Crippen molar-refractivity contribution in [3.05, 3.63) is 130 Å². The van der Waals surface area contributed by atoms with E-state index in [0.717, 1.165) is 17.8 Å². The molecule has 0 fully saturated rings. The van der Waals surface area contributed by atoms with E-state index in [1.165, 1.54) is 162 Å². The Kier molecular flexibility index (Phi) is 19.7. The summed E-state index contributed by atoms with van der Waals surface area (Å²) in [5, 5.41) is 0. The van der Waals surface area contributed by atoms with E-state index in [9.17, 15) is 0 Å². The van der Waals surface area contributed by atoms with E-state index in [4.69, 9.17) is 11.5 Å². The second-order valence-corrected chi connectivity index (χ2v) is 16.1. The minimum atomic E-state index is 0.418. The molecule has 0 aliphatic rings. The van der Waals surface area contributed by atoms with Gasteiger partial charge in [0.05, 0.1) is 0 Å². The van der Waals surface area contributed by atoms with Crippen LogP contribution in [0.5, 0.6) is 0 Å². The number of nitrogen functional groups attached to an aromatic ring is 2. The van der Waals surface area contributed by atoms with Gasteiger partial charge in [-0.2, -0.15) is 0 Å². The number of unbranched alkanes of at least 4 members (excludes halogenated alkanes) is 14. The molecule has 0 aliphatic carbocycles. The molecule has 0 radical (unpaired) electrons. The van der Waals surface area contributed by atoms with Crippen LogP contribution in [0.4, 0.5) is 11.4 Å². The molecule has 2 heteroatoms. The third-order valence-electron chi connectivity index (χ3n) is 11.7. The second kappa shape index (κ2) is 24.7. The van der Waals surface area contributed by atoms with Crippen LogP contribution < -0.4 is 11.5 Å². The highest BCUT2D eigenvalue weighted by Gasteiger charge is 2.18. The third-order valence-corrected chi connectivity index (χ3v) is 11.7. The van der Waals surface area contributed by atoms with Gasteiger partial charge in [-0.1, -0.05) is 203 Å². The van der Waals surface area contributed by atoms with Crippen LogP contribution in [0.15, 0.2) is 97.1 Å². The summed E-state index contributed by atoms with van der Waals surface area (Å²) in [5.74, 6) is 1.36. The predicted octanol–water partition coefficient (Wildman–Crippen LogP) is 15.3. The molecule has 3 unspecified atom stereocenters. The Bertz CT molecular complexity index is 1490. The minimum absolute atomic E-state index is 0.418. The summed E-state index contributed by atoms with van der Waals surface area (Å²) in [6.07, 6.45) is 27.5. The maximum Gasteiger partial charge on any atom is 0.0314 e. The molecule has 2 nitrogen and oxygen atoms in total. The van der Waals surface area contributed by atoms with E-state index in [0.29, 0.717) is 17.8 Å². The Labute approximate surface area is 325 Å². The standard InChI is InChI=1S/C51H74N2/c1-4-7-9-11-13-15-17-19-22-50(45-32-36-48(52)37-33-45)43-26-24-41(25-27-43)40-47(21-6-3)42-28-30-44(31-29-42)51(46-34-38-49(53)39-35-46)23-20-18-16-14-12-10-8-5-2/h24-39,47,50-51H,4-23,40,52-53H2,1-3H3. The van der Waals surface area contributed by atoms with Crippen molar-refractivity contribution in [3.8, 4) is 0 Å². The molecule has 0 amide bonds. The van der Waals surface area contributed by atoms with Crippen LogP contribution >= 0.6 is 0 Å². The van der Waals surface area contributed by atoms with Gasteiger partial charge in [-0.15, -0.1) is 0 Å². The van der Waals surface area contributed by atoms with Crippen molar-refractivity contribution in [2.24, 2.45) is 0 Å². The lowest BCUT2D eigenvalue weighted by Gasteiger charge is -2.22. The van der Waals surface area contributed by atoms with Crippen molar-refractivity contribution < 1.29 is 0 Å². The van der Waals surface area contributed by atoms with Gasteiger partial charge in [-0.25, -0.2) is 0 Å². The maximum absolute atomic E-state index is 6.10. The summed E-state index contributed by atoms with van der Waals surface area (Å²) >= 11 is 0. The first-order valence-corrected chi connectivity index (χ1v) is 21.9. The molecule has 288 valence electrons. The summed E-state index contributed by atoms with van der Waals surface area (Å²) < 4.78 is 0. The molecule has 4 N–H and O–H groups in total. The van der Waals surface area contributed by atoms with Crippen molar-refractivity contribution in [1.82, 2.24) is 0 Å². The van der Waals surface area contributed by atoms with Crippen LogP contribution in [0, 0.1) is 0 Å². The smallest absolute Gasteiger partial charge is 0.0314 e. The van der Waals surface area contributed by atoms with Gasteiger partial charge in [0.2, 0.25) is 0 Å². The lowest BCUT2D eigenvalue weighted by Crippen LogP contribution is -2.06. The highest BCUT2D eigenvalue weighted by atomic mass is 14.5. The maximum atomic E-state index is 6.10. The molecular formula is C51H74N2. The van der Waals surface area contributed by atoms with Crippen molar-refractivity contribution in [2.45, 2.75) is 173 Å². The van der Waals surface area contributed by atoms with Crippen molar-refractivity contribution in [1.29, 1.82) is 0 Å². The molecule has 0 spiro atoms. The molecule has 0 aliphatic heterocycles. The van der Waals surface area contributed by atoms with Gasteiger partial charge in [0.1, 0.15) is 0 Å². The lowest BCUT2D eigenvalue weighted by atomic mass is 9.83. The number of anilines is 2. The van der Waals surface area contributed by atoms with Crippen LogP contribution in [0.25, 0.3) is 0 Å². The van der Waals surface area contributed by atoms with Crippen molar-refractivity contribution in [2.75, 3.05) is 11.5 Å². The summed E-state index contributed by atoms with van der Waals surface area (Å²) in [5.41, 5.74) is 22.4. The van der Waals surface area contributed by atoms with E-state index in [1.807, 2.05) is 0 Å². The van der Waals surface area contributed by atoms with Gasteiger partial charge in [-0.05, 0) is 89.2 Å². The molecule has 4 aromatic rings. The van der Waals surface area contributed by atoms with Gasteiger partial charge >= 0.3 is 0 Å². The van der Waals surface area contributed by atoms with E-state index >= 15 is 0 Å². The van der Waals surface area contributed by atoms with Crippen LogP contribution in [-0.4, -0.2) is 0 Å². The Hall–Kier alpha value is -3.52. The molecule has 53 heavy (non-hydrogen) atoms. The van der Waals surface area contributed by atoms with E-state index in [-0.39, 0.29) is 0 Å². The SMILES string of the molecule is CCCCCCCCCCC(c1ccc(N)cc1)c1ccc(CC(CCC)c2ccc(C(CCCCCCCCCC)c3ccc(N)cc3)cc2)cc1. The van der Waals surface area contributed by atoms with E-state index < -0.39 is 0 Å². The number of hydrogen-bond acceptors (Lipinski definition) is 2. The number of nitrogens with two attached hydrogens (primary N) is 2. The highest BCUT2D eigenvalue weighted by molar-refractivity contribution is 5.44. The molecule has 3 atom stereocenters. The first kappa shape index (κ1) is 42.2. The lowest BCUT2D eigenvalue weighted by molar-refractivity contribution is 0.551. The summed E-state index contributed by atoms with van der Waals surface area (Å²) in [6.45, 7) is 6.92. The quantitative estimate of drug-likeness (QED) is 0.0477. The van der Waals surface area contributed by atoms with Gasteiger partial charge < -0.3 is 11.5 Å². The Morgan fingerprint density at radius 1 is 0.340 bits per heavy atom. The van der Waals surface area contributed by atoms with Gasteiger partial charge in [-0.3, -0.25) is 0 Å². The van der Waals surface area contributed by atoms with Gasteiger partial charge in [0.15, 0.2) is 0 Å². The van der Waals surface area contributed by atoms with Crippen LogP contribution in [0.1, 0.15) is 200 Å². The average molecular weight is 715 g/mol. The zero-order chi connectivity index (χ0) is 37.5. The third kappa shape index (κ3) is 15.0. The van der Waals surface area contributed by atoms with Crippen molar-refractivity contribution >= 4 is 11.4 Å². The summed E-state index contributed by atoms with van der Waals surface area (Å²) in [4.78, 5) is 0. The predicted molar refractivity (Wildman–Crippen MR) is 234 cm³/mol.